The first kappa shape index (κ1) is 11.1. The molecule has 68 valence electrons. The van der Waals surface area contributed by atoms with Gasteiger partial charge in [0.05, 0.1) is 6.26 Å². The van der Waals surface area contributed by atoms with Crippen LogP contribution >= 0.6 is 0 Å². The highest BCUT2D eigenvalue weighted by Gasteiger charge is 2.47. The predicted octanol–water partition coefficient (Wildman–Crippen LogP) is 0.257. The highest BCUT2D eigenvalue weighted by atomic mass is 32.3. The van der Waals surface area contributed by atoms with Crippen molar-refractivity contribution in [1.82, 2.24) is 0 Å². The van der Waals surface area contributed by atoms with Gasteiger partial charge in [-0.1, -0.05) is 0 Å². The summed E-state index contributed by atoms with van der Waals surface area (Å²) >= 11 is -1.99. The van der Waals surface area contributed by atoms with Gasteiger partial charge in [0.2, 0.25) is 5.08 Å². The molecule has 0 radical (unpaired) electrons. The van der Waals surface area contributed by atoms with E-state index in [4.69, 9.17) is 0 Å². The lowest BCUT2D eigenvalue weighted by atomic mass is 11.6. The number of alkyl halides is 3. The Bertz CT molecular complexity index is 216. The van der Waals surface area contributed by atoms with Crippen molar-refractivity contribution in [1.29, 1.82) is 0 Å². The molecule has 0 aliphatic carbocycles. The van der Waals surface area contributed by atoms with Gasteiger partial charge in [-0.25, -0.2) is 8.42 Å². The Kier molecular flexibility index (Phi) is 3.21. The predicted molar refractivity (Wildman–Crippen MR) is 33.9 cm³/mol. The van der Waals surface area contributed by atoms with Gasteiger partial charge < -0.3 is 4.55 Å². The maximum atomic E-state index is 11.5. The summed E-state index contributed by atoms with van der Waals surface area (Å²) in [6, 6.07) is 0. The highest BCUT2D eigenvalue weighted by Crippen LogP contribution is 2.24. The van der Waals surface area contributed by atoms with Crippen LogP contribution in [0.15, 0.2) is 0 Å². The molecule has 1 unspecified atom stereocenters. The van der Waals surface area contributed by atoms with Crippen LogP contribution in [0.5, 0.6) is 0 Å². The second-order valence-corrected chi connectivity index (χ2v) is 5.53. The van der Waals surface area contributed by atoms with E-state index in [0.717, 1.165) is 6.26 Å². The van der Waals surface area contributed by atoms with E-state index >= 15 is 0 Å². The Morgan fingerprint density at radius 3 is 1.91 bits per heavy atom. The Hall–Kier alpha value is 0.0500. The van der Waals surface area contributed by atoms with Crippen molar-refractivity contribution < 1.29 is 26.1 Å². The van der Waals surface area contributed by atoms with Crippen LogP contribution in [-0.2, 0) is 21.0 Å². The van der Waals surface area contributed by atoms with Crippen LogP contribution in [0.1, 0.15) is 0 Å². The zero-order valence-electron chi connectivity index (χ0n) is 5.38. The van der Waals surface area contributed by atoms with E-state index in [9.17, 15) is 26.1 Å². The monoisotopic (exact) mass is 210 g/mol. The minimum Gasteiger partial charge on any atom is -0.616 e. The third-order valence-electron chi connectivity index (χ3n) is 0.674. The van der Waals surface area contributed by atoms with Crippen LogP contribution in [-0.4, -0.2) is 29.8 Å². The molecule has 0 bridgehead atoms. The third kappa shape index (κ3) is 3.30. The second-order valence-electron chi connectivity index (χ2n) is 1.75. The largest absolute Gasteiger partial charge is 0.616 e. The summed E-state index contributed by atoms with van der Waals surface area (Å²) in [5.74, 6) is 0. The first-order valence-electron chi connectivity index (χ1n) is 2.26. The van der Waals surface area contributed by atoms with Crippen molar-refractivity contribution in [2.75, 3.05) is 11.3 Å². The third-order valence-corrected chi connectivity index (χ3v) is 3.95. The van der Waals surface area contributed by atoms with Gasteiger partial charge in [-0.3, -0.25) is 0 Å². The molecule has 0 saturated carbocycles. The van der Waals surface area contributed by atoms with Gasteiger partial charge >= 0.3 is 5.51 Å². The first-order valence-corrected chi connectivity index (χ1v) is 5.64. The molecular weight excluding hydrogens is 205 g/mol. The second kappa shape index (κ2) is 3.20. The molecule has 1 atom stereocenters. The van der Waals surface area contributed by atoms with E-state index in [2.05, 4.69) is 0 Å². The molecule has 0 saturated heterocycles. The average Bonchev–Trinajstić information content (AvgIpc) is 1.56. The average molecular weight is 210 g/mol. The van der Waals surface area contributed by atoms with Crippen molar-refractivity contribution in [2.45, 2.75) is 5.51 Å². The zero-order chi connectivity index (χ0) is 9.28. The molecule has 0 rings (SSSR count). The van der Waals surface area contributed by atoms with Crippen molar-refractivity contribution in [3.63, 3.8) is 0 Å². The first-order chi connectivity index (χ1) is 4.67. The number of rotatable bonds is 2. The molecule has 0 heterocycles. The Morgan fingerprint density at radius 2 is 1.82 bits per heavy atom. The lowest BCUT2D eigenvalue weighted by Gasteiger charge is -2.08. The Balaban J connectivity index is 4.51. The fourth-order valence-corrected chi connectivity index (χ4v) is 2.57. The van der Waals surface area contributed by atoms with Crippen LogP contribution in [0.25, 0.3) is 0 Å². The molecule has 0 fully saturated rings. The highest BCUT2D eigenvalue weighted by molar-refractivity contribution is 8.08. The topological polar surface area (TPSA) is 57.2 Å². The summed E-state index contributed by atoms with van der Waals surface area (Å²) in [5, 5.41) is -1.36. The SMILES string of the molecule is C[S+]([O-])CS(=O)(=O)C(F)(F)F. The van der Waals surface area contributed by atoms with E-state index < -0.39 is 31.6 Å². The molecule has 0 aliphatic heterocycles. The summed E-state index contributed by atoms with van der Waals surface area (Å²) in [6.07, 6.45) is 0.892. The summed E-state index contributed by atoms with van der Waals surface area (Å²) in [4.78, 5) is 0. The normalized spacial score (nSPS) is 16.5. The minimum atomic E-state index is -5.29. The van der Waals surface area contributed by atoms with E-state index in [1.807, 2.05) is 0 Å². The van der Waals surface area contributed by atoms with E-state index in [-0.39, 0.29) is 0 Å². The van der Waals surface area contributed by atoms with Gasteiger partial charge in [-0.15, -0.1) is 0 Å². The number of hydrogen-bond acceptors (Lipinski definition) is 3. The Labute approximate surface area is 64.7 Å². The molecule has 0 N–H and O–H groups in total. The van der Waals surface area contributed by atoms with Crippen molar-refractivity contribution in [3.8, 4) is 0 Å². The quantitative estimate of drug-likeness (QED) is 0.614. The molecule has 0 amide bonds. The van der Waals surface area contributed by atoms with E-state index in [0.29, 0.717) is 0 Å². The van der Waals surface area contributed by atoms with Crippen LogP contribution in [0.2, 0.25) is 0 Å². The molecule has 0 aromatic rings. The molecule has 8 heteroatoms. The fourth-order valence-electron chi connectivity index (χ4n) is 0.285. The molecule has 0 aliphatic rings. The van der Waals surface area contributed by atoms with Crippen LogP contribution in [0.4, 0.5) is 13.2 Å². The van der Waals surface area contributed by atoms with Crippen molar-refractivity contribution >= 4 is 21.0 Å². The van der Waals surface area contributed by atoms with Gasteiger partial charge in [-0.2, -0.15) is 13.2 Å². The van der Waals surface area contributed by atoms with Crippen molar-refractivity contribution in [2.24, 2.45) is 0 Å². The maximum absolute atomic E-state index is 11.5. The molecule has 11 heavy (non-hydrogen) atoms. The Morgan fingerprint density at radius 1 is 1.45 bits per heavy atom. The zero-order valence-corrected chi connectivity index (χ0v) is 7.02. The van der Waals surface area contributed by atoms with Gasteiger partial charge in [0.25, 0.3) is 9.84 Å². The summed E-state index contributed by atoms with van der Waals surface area (Å²) in [7, 11) is -5.20. The summed E-state index contributed by atoms with van der Waals surface area (Å²) < 4.78 is 64.8. The molecule has 0 aromatic heterocycles. The number of sulfone groups is 1. The van der Waals surface area contributed by atoms with Gasteiger partial charge in [0, 0.05) is 0 Å². The van der Waals surface area contributed by atoms with Crippen LogP contribution < -0.4 is 0 Å². The molecular formula is C3H5F3O3S2. The van der Waals surface area contributed by atoms with E-state index in [1.54, 1.807) is 0 Å². The summed E-state index contributed by atoms with van der Waals surface area (Å²) in [5.41, 5.74) is -5.29. The number of halogens is 3. The number of hydrogen-bond donors (Lipinski definition) is 0. The van der Waals surface area contributed by atoms with Crippen molar-refractivity contribution in [3.05, 3.63) is 0 Å². The van der Waals surface area contributed by atoms with Gasteiger partial charge in [0.1, 0.15) is 0 Å². The summed E-state index contributed by atoms with van der Waals surface area (Å²) in [6.45, 7) is 0. The van der Waals surface area contributed by atoms with E-state index in [1.165, 1.54) is 0 Å². The minimum absolute atomic E-state index is 0.892. The maximum Gasteiger partial charge on any atom is 0.502 e. The lowest BCUT2D eigenvalue weighted by molar-refractivity contribution is -0.0431. The fraction of sp³-hybridized carbons (Fsp3) is 1.00. The molecule has 0 spiro atoms. The van der Waals surface area contributed by atoms with Gasteiger partial charge in [0.15, 0.2) is 0 Å². The van der Waals surface area contributed by atoms with Gasteiger partial charge in [-0.05, 0) is 11.2 Å². The standard InChI is InChI=1S/C3H5F3O3S2/c1-10(7)2-11(8,9)3(4,5)6/h2H2,1H3. The molecule has 3 nitrogen and oxygen atoms in total. The van der Waals surface area contributed by atoms with Crippen LogP contribution in [0.3, 0.4) is 0 Å². The smallest absolute Gasteiger partial charge is 0.502 e. The molecule has 0 aromatic carbocycles. The lowest BCUT2D eigenvalue weighted by Crippen LogP contribution is -2.29. The van der Waals surface area contributed by atoms with Crippen LogP contribution in [0, 0.1) is 0 Å².